The second-order valence-electron chi connectivity index (χ2n) is 6.23. The molecule has 3 N–H and O–H groups in total. The number of aliphatic hydroxyl groups is 2. The number of nitriles is 1. The summed E-state index contributed by atoms with van der Waals surface area (Å²) in [4.78, 5) is 3.95. The van der Waals surface area contributed by atoms with Crippen LogP contribution in [0, 0.1) is 17.1 Å². The number of pyridine rings is 1. The quantitative estimate of drug-likeness (QED) is 0.637. The highest BCUT2D eigenvalue weighted by Crippen LogP contribution is 2.25. The van der Waals surface area contributed by atoms with E-state index in [0.717, 1.165) is 6.07 Å². The molecule has 2 heterocycles. The predicted molar refractivity (Wildman–Crippen MR) is 98.3 cm³/mol. The SMILES string of the molecule is N#Cc1ccc(O)cc1F.O=S(c1ccc(OC(F)F)nc1)N1CCC(O)(CO)C1. The van der Waals surface area contributed by atoms with Crippen LogP contribution >= 0.6 is 0 Å². The van der Waals surface area contributed by atoms with E-state index in [0.29, 0.717) is 17.9 Å². The van der Waals surface area contributed by atoms with Crippen molar-refractivity contribution in [1.29, 1.82) is 5.26 Å². The molecular weight excluding hydrogens is 427 g/mol. The smallest absolute Gasteiger partial charge is 0.388 e. The van der Waals surface area contributed by atoms with Crippen LogP contribution in [0.1, 0.15) is 12.0 Å². The Labute approximate surface area is 172 Å². The molecule has 1 fully saturated rings. The Morgan fingerprint density at radius 3 is 2.60 bits per heavy atom. The number of aliphatic hydroxyl groups excluding tert-OH is 1. The summed E-state index contributed by atoms with van der Waals surface area (Å²) in [6.45, 7) is -2.93. The minimum atomic E-state index is -2.96. The van der Waals surface area contributed by atoms with E-state index in [1.54, 1.807) is 6.07 Å². The molecule has 1 aliphatic heterocycles. The highest BCUT2D eigenvalue weighted by molar-refractivity contribution is 7.82. The number of phenolic OH excluding ortho intramolecular Hbond substituents is 1. The lowest BCUT2D eigenvalue weighted by Gasteiger charge is -2.20. The van der Waals surface area contributed by atoms with Crippen LogP contribution in [0.25, 0.3) is 0 Å². The van der Waals surface area contributed by atoms with Crippen LogP contribution in [-0.2, 0) is 11.0 Å². The third kappa shape index (κ3) is 6.39. The fourth-order valence-electron chi connectivity index (χ4n) is 2.46. The van der Waals surface area contributed by atoms with Gasteiger partial charge in [0.15, 0.2) is 0 Å². The van der Waals surface area contributed by atoms with Gasteiger partial charge in [-0.15, -0.1) is 0 Å². The van der Waals surface area contributed by atoms with Gasteiger partial charge >= 0.3 is 6.61 Å². The number of nitrogens with zero attached hydrogens (tertiary/aromatic N) is 3. The Morgan fingerprint density at radius 1 is 1.37 bits per heavy atom. The molecule has 0 radical (unpaired) electrons. The topological polar surface area (TPSA) is 127 Å². The molecule has 1 aromatic carbocycles. The molecule has 3 rings (SSSR count). The predicted octanol–water partition coefficient (Wildman–Crippen LogP) is 1.54. The highest BCUT2D eigenvalue weighted by atomic mass is 32.2. The summed E-state index contributed by atoms with van der Waals surface area (Å²) in [6.07, 6.45) is 1.50. The third-order valence-corrected chi connectivity index (χ3v) is 5.45. The second-order valence-corrected chi connectivity index (χ2v) is 7.72. The number of rotatable bonds is 5. The average Bonchev–Trinajstić information content (AvgIpc) is 3.11. The first-order valence-corrected chi connectivity index (χ1v) is 9.57. The van der Waals surface area contributed by atoms with Crippen molar-refractivity contribution in [2.75, 3.05) is 19.7 Å². The van der Waals surface area contributed by atoms with Gasteiger partial charge in [0.2, 0.25) is 5.88 Å². The maximum absolute atomic E-state index is 12.5. The van der Waals surface area contributed by atoms with E-state index in [-0.39, 0.29) is 23.7 Å². The summed E-state index contributed by atoms with van der Waals surface area (Å²) in [5, 5.41) is 35.8. The van der Waals surface area contributed by atoms with Gasteiger partial charge in [-0.1, -0.05) is 0 Å². The zero-order chi connectivity index (χ0) is 22.3. The van der Waals surface area contributed by atoms with Crippen LogP contribution in [0.4, 0.5) is 13.2 Å². The zero-order valence-electron chi connectivity index (χ0n) is 15.4. The molecule has 2 unspecified atom stereocenters. The summed E-state index contributed by atoms with van der Waals surface area (Å²) in [7, 11) is -1.57. The van der Waals surface area contributed by atoms with Crippen LogP contribution in [0.3, 0.4) is 0 Å². The molecule has 0 spiro atoms. The molecule has 162 valence electrons. The number of hydrogen-bond acceptors (Lipinski definition) is 7. The van der Waals surface area contributed by atoms with Crippen molar-refractivity contribution in [3.8, 4) is 17.7 Å². The summed E-state index contributed by atoms with van der Waals surface area (Å²) in [5.41, 5.74) is -1.31. The Balaban J connectivity index is 0.000000269. The number of halogens is 3. The second kappa shape index (κ2) is 10.4. The maximum atomic E-state index is 12.5. The average molecular weight is 445 g/mol. The molecule has 12 heteroatoms. The summed E-state index contributed by atoms with van der Waals surface area (Å²) in [6, 6.07) is 7.60. The Kier molecular flexibility index (Phi) is 8.13. The number of hydrogen-bond donors (Lipinski definition) is 3. The first kappa shape index (κ1) is 23.6. The molecule has 2 aromatic rings. The molecule has 0 amide bonds. The first-order valence-electron chi connectivity index (χ1n) is 8.47. The molecule has 1 saturated heterocycles. The largest absolute Gasteiger partial charge is 0.508 e. The van der Waals surface area contributed by atoms with Crippen molar-refractivity contribution in [2.45, 2.75) is 23.5 Å². The summed E-state index contributed by atoms with van der Waals surface area (Å²) >= 11 is 0. The highest BCUT2D eigenvalue weighted by Gasteiger charge is 2.38. The van der Waals surface area contributed by atoms with Gasteiger partial charge in [-0.2, -0.15) is 14.0 Å². The van der Waals surface area contributed by atoms with Crippen molar-refractivity contribution in [2.24, 2.45) is 0 Å². The number of aromatic hydroxyl groups is 1. The van der Waals surface area contributed by atoms with Gasteiger partial charge < -0.3 is 20.1 Å². The molecule has 1 aromatic heterocycles. The molecular formula is C18H18F3N3O5S. The number of ether oxygens (including phenoxy) is 1. The molecule has 0 aliphatic carbocycles. The normalized spacial score (nSPS) is 19.6. The number of β-amino-alcohol motifs (C(OH)–C–C–N with tert-alkyl or cyclic N) is 1. The number of phenols is 1. The molecule has 30 heavy (non-hydrogen) atoms. The van der Waals surface area contributed by atoms with Crippen molar-refractivity contribution >= 4 is 11.0 Å². The number of benzene rings is 1. The van der Waals surface area contributed by atoms with Crippen LogP contribution in [-0.4, -0.2) is 60.7 Å². The number of alkyl halides is 2. The van der Waals surface area contributed by atoms with Gasteiger partial charge in [-0.25, -0.2) is 17.9 Å². The lowest BCUT2D eigenvalue weighted by Crippen LogP contribution is -2.37. The van der Waals surface area contributed by atoms with Crippen LogP contribution < -0.4 is 4.74 Å². The third-order valence-electron chi connectivity index (χ3n) is 4.02. The Bertz CT molecular complexity index is 926. The molecule has 2 atom stereocenters. The maximum Gasteiger partial charge on any atom is 0.388 e. The van der Waals surface area contributed by atoms with E-state index < -0.39 is 35.6 Å². The first-order chi connectivity index (χ1) is 14.2. The van der Waals surface area contributed by atoms with E-state index in [2.05, 4.69) is 9.72 Å². The van der Waals surface area contributed by atoms with Gasteiger partial charge in [0.25, 0.3) is 0 Å². The molecule has 8 nitrogen and oxygen atoms in total. The summed E-state index contributed by atoms with van der Waals surface area (Å²) in [5.74, 6) is -1.12. The lowest BCUT2D eigenvalue weighted by molar-refractivity contribution is -0.0529. The van der Waals surface area contributed by atoms with E-state index >= 15 is 0 Å². The fourth-order valence-corrected chi connectivity index (χ4v) is 3.70. The molecule has 0 saturated carbocycles. The van der Waals surface area contributed by atoms with E-state index in [4.69, 9.17) is 15.5 Å². The van der Waals surface area contributed by atoms with Gasteiger partial charge in [-0.05, 0) is 24.6 Å². The monoisotopic (exact) mass is 445 g/mol. The van der Waals surface area contributed by atoms with Gasteiger partial charge in [0.1, 0.15) is 34.2 Å². The Morgan fingerprint density at radius 2 is 2.10 bits per heavy atom. The fraction of sp³-hybridized carbons (Fsp3) is 0.333. The van der Waals surface area contributed by atoms with Crippen LogP contribution in [0.2, 0.25) is 0 Å². The van der Waals surface area contributed by atoms with Crippen LogP contribution in [0.15, 0.2) is 41.4 Å². The standard InChI is InChI=1S/C11H14F2N2O4S.C7H4FNO/c12-10(13)19-9-2-1-8(5-14-9)20(18)15-4-3-11(17,6-15)7-16;8-7-3-6(10)2-1-5(7)4-9/h1-2,5,10,16-17H,3-4,6-7H2;1-3,10H. The van der Waals surface area contributed by atoms with E-state index in [9.17, 15) is 22.5 Å². The summed E-state index contributed by atoms with van der Waals surface area (Å²) < 4.78 is 54.2. The van der Waals surface area contributed by atoms with Crippen LogP contribution in [0.5, 0.6) is 11.6 Å². The van der Waals surface area contributed by atoms with Crippen molar-refractivity contribution in [1.82, 2.24) is 9.29 Å². The van der Waals surface area contributed by atoms with Gasteiger partial charge in [0, 0.05) is 31.4 Å². The van der Waals surface area contributed by atoms with Gasteiger partial charge in [-0.3, -0.25) is 0 Å². The number of aromatic nitrogens is 1. The van der Waals surface area contributed by atoms with E-state index in [1.165, 1.54) is 34.8 Å². The molecule has 0 bridgehead atoms. The zero-order valence-corrected chi connectivity index (χ0v) is 16.2. The lowest BCUT2D eigenvalue weighted by atomic mass is 10.1. The van der Waals surface area contributed by atoms with Crippen molar-refractivity contribution in [3.63, 3.8) is 0 Å². The minimum absolute atomic E-state index is 0.0576. The Hall–Kier alpha value is -2.72. The van der Waals surface area contributed by atoms with Crippen molar-refractivity contribution < 1.29 is 37.4 Å². The van der Waals surface area contributed by atoms with Gasteiger partial charge in [0.05, 0.1) is 17.1 Å². The van der Waals surface area contributed by atoms with E-state index in [1.807, 2.05) is 0 Å². The van der Waals surface area contributed by atoms with Crippen molar-refractivity contribution in [3.05, 3.63) is 47.9 Å². The molecule has 1 aliphatic rings. The minimum Gasteiger partial charge on any atom is -0.508 e.